The molecule has 0 saturated heterocycles. The number of halogens is 2. The zero-order chi connectivity index (χ0) is 20.5. The molecule has 0 aromatic heterocycles. The van der Waals surface area contributed by atoms with Crippen molar-refractivity contribution in [3.8, 4) is 0 Å². The quantitative estimate of drug-likeness (QED) is 0.424. The van der Waals surface area contributed by atoms with Crippen molar-refractivity contribution in [3.05, 3.63) is 64.1 Å². The molecule has 0 aliphatic carbocycles. The van der Waals surface area contributed by atoms with E-state index < -0.39 is 11.8 Å². The number of benzene rings is 2. The Morgan fingerprint density at radius 1 is 0.893 bits per heavy atom. The summed E-state index contributed by atoms with van der Waals surface area (Å²) in [4.78, 5) is 35.6. The van der Waals surface area contributed by atoms with Gasteiger partial charge in [0.15, 0.2) is 5.11 Å². The molecule has 0 aliphatic rings. The zero-order valence-electron chi connectivity index (χ0n) is 14.4. The van der Waals surface area contributed by atoms with Crippen molar-refractivity contribution >= 4 is 63.9 Å². The van der Waals surface area contributed by atoms with Crippen molar-refractivity contribution in [2.75, 3.05) is 5.32 Å². The molecule has 4 N–H and O–H groups in total. The molecule has 0 saturated carbocycles. The zero-order valence-corrected chi connectivity index (χ0v) is 16.8. The SMILES string of the molecule is O=C(CCC(=O)Nc1ccc(Cl)cc1Cl)NNC(=S)NC(=O)c1ccccc1. The molecule has 0 heterocycles. The van der Waals surface area contributed by atoms with Crippen LogP contribution in [0.25, 0.3) is 0 Å². The van der Waals surface area contributed by atoms with Gasteiger partial charge in [-0.25, -0.2) is 0 Å². The summed E-state index contributed by atoms with van der Waals surface area (Å²) in [6, 6.07) is 13.1. The minimum absolute atomic E-state index is 0.0698. The summed E-state index contributed by atoms with van der Waals surface area (Å²) in [6.07, 6.45) is -0.172. The number of carbonyl (C=O) groups is 3. The third kappa shape index (κ3) is 7.15. The first kappa shape index (κ1) is 21.6. The third-order valence-corrected chi connectivity index (χ3v) is 4.11. The summed E-state index contributed by atoms with van der Waals surface area (Å²) < 4.78 is 0. The molecule has 2 rings (SSSR count). The lowest BCUT2D eigenvalue weighted by atomic mass is 10.2. The highest BCUT2D eigenvalue weighted by atomic mass is 35.5. The van der Waals surface area contributed by atoms with Gasteiger partial charge in [-0.1, -0.05) is 41.4 Å². The molecule has 0 aliphatic heterocycles. The number of thiocarbonyl (C=S) groups is 1. The Labute approximate surface area is 176 Å². The fourth-order valence-electron chi connectivity index (χ4n) is 2.02. The van der Waals surface area contributed by atoms with Gasteiger partial charge < -0.3 is 5.32 Å². The second-order valence-electron chi connectivity index (χ2n) is 5.49. The molecular formula is C18H16Cl2N4O3S. The molecule has 7 nitrogen and oxygen atoms in total. The number of hydrogen-bond acceptors (Lipinski definition) is 4. The third-order valence-electron chi connectivity index (χ3n) is 3.36. The lowest BCUT2D eigenvalue weighted by Crippen LogP contribution is -2.48. The van der Waals surface area contributed by atoms with Gasteiger partial charge in [-0.05, 0) is 42.5 Å². The van der Waals surface area contributed by atoms with E-state index in [2.05, 4.69) is 21.5 Å². The van der Waals surface area contributed by atoms with Gasteiger partial charge >= 0.3 is 0 Å². The number of anilines is 1. The molecule has 2 aromatic carbocycles. The number of hydrogen-bond donors (Lipinski definition) is 4. The molecule has 28 heavy (non-hydrogen) atoms. The Kier molecular flexibility index (Phi) is 8.19. The summed E-state index contributed by atoms with van der Waals surface area (Å²) in [5.74, 6) is -1.28. The summed E-state index contributed by atoms with van der Waals surface area (Å²) in [7, 11) is 0. The maximum atomic E-state index is 11.9. The molecule has 3 amide bonds. The molecule has 0 bridgehead atoms. The predicted octanol–water partition coefficient (Wildman–Crippen LogP) is 3.05. The van der Waals surface area contributed by atoms with Crippen LogP contribution in [-0.4, -0.2) is 22.8 Å². The summed E-state index contributed by atoms with van der Waals surface area (Å²) in [6.45, 7) is 0. The Bertz CT molecular complexity index is 894. The van der Waals surface area contributed by atoms with Gasteiger partial charge in [-0.2, -0.15) is 0 Å². The molecule has 0 fully saturated rings. The van der Waals surface area contributed by atoms with Crippen molar-refractivity contribution in [2.45, 2.75) is 12.8 Å². The van der Waals surface area contributed by atoms with Gasteiger partial charge in [0.05, 0.1) is 10.7 Å². The monoisotopic (exact) mass is 438 g/mol. The van der Waals surface area contributed by atoms with E-state index in [1.807, 2.05) is 0 Å². The second kappa shape index (κ2) is 10.6. The van der Waals surface area contributed by atoms with Crippen molar-refractivity contribution in [1.29, 1.82) is 0 Å². The minimum Gasteiger partial charge on any atom is -0.325 e. The van der Waals surface area contributed by atoms with Crippen LogP contribution >= 0.6 is 35.4 Å². The number of amides is 3. The lowest BCUT2D eigenvalue weighted by Gasteiger charge is -2.11. The summed E-state index contributed by atoms with van der Waals surface area (Å²) in [5, 5.41) is 5.69. The first-order valence-corrected chi connectivity index (χ1v) is 9.21. The Morgan fingerprint density at radius 3 is 2.25 bits per heavy atom. The van der Waals surface area contributed by atoms with Crippen molar-refractivity contribution in [1.82, 2.24) is 16.2 Å². The van der Waals surface area contributed by atoms with Crippen LogP contribution in [0.5, 0.6) is 0 Å². The van der Waals surface area contributed by atoms with Crippen molar-refractivity contribution in [3.63, 3.8) is 0 Å². The van der Waals surface area contributed by atoms with Crippen LogP contribution in [0.3, 0.4) is 0 Å². The number of nitrogens with one attached hydrogen (secondary N) is 4. The van der Waals surface area contributed by atoms with E-state index in [9.17, 15) is 14.4 Å². The van der Waals surface area contributed by atoms with E-state index in [0.717, 1.165) is 0 Å². The highest BCUT2D eigenvalue weighted by molar-refractivity contribution is 7.80. The first-order valence-electron chi connectivity index (χ1n) is 8.05. The molecule has 2 aromatic rings. The number of hydrazine groups is 1. The molecular weight excluding hydrogens is 423 g/mol. The van der Waals surface area contributed by atoms with E-state index in [1.54, 1.807) is 42.5 Å². The van der Waals surface area contributed by atoms with Crippen molar-refractivity contribution in [2.24, 2.45) is 0 Å². The largest absolute Gasteiger partial charge is 0.325 e. The van der Waals surface area contributed by atoms with Gasteiger partial charge in [-0.3, -0.25) is 30.6 Å². The number of rotatable bonds is 5. The fourth-order valence-corrected chi connectivity index (χ4v) is 2.62. The molecule has 10 heteroatoms. The van der Waals surface area contributed by atoms with Crippen LogP contribution < -0.4 is 21.5 Å². The van der Waals surface area contributed by atoms with E-state index in [-0.39, 0.29) is 23.9 Å². The van der Waals surface area contributed by atoms with Gasteiger partial charge in [0, 0.05) is 23.4 Å². The van der Waals surface area contributed by atoms with E-state index in [1.165, 1.54) is 6.07 Å². The Morgan fingerprint density at radius 2 is 1.57 bits per heavy atom. The van der Waals surface area contributed by atoms with Crippen LogP contribution in [-0.2, 0) is 9.59 Å². The van der Waals surface area contributed by atoms with Crippen LogP contribution in [0.15, 0.2) is 48.5 Å². The van der Waals surface area contributed by atoms with Crippen molar-refractivity contribution < 1.29 is 14.4 Å². The normalized spacial score (nSPS) is 9.93. The standard InChI is InChI=1S/C18H16Cl2N4O3S/c19-12-6-7-14(13(20)10-12)21-15(25)8-9-16(26)23-24-18(28)22-17(27)11-4-2-1-3-5-11/h1-7,10H,8-9H2,(H,21,25)(H,23,26)(H2,22,24,27,28). The average Bonchev–Trinajstić information content (AvgIpc) is 2.67. The maximum absolute atomic E-state index is 11.9. The summed E-state index contributed by atoms with van der Waals surface area (Å²) in [5.41, 5.74) is 5.54. The molecule has 0 atom stereocenters. The van der Waals surface area contributed by atoms with E-state index in [4.69, 9.17) is 35.4 Å². The Balaban J connectivity index is 1.69. The molecule has 0 spiro atoms. The number of carbonyl (C=O) groups excluding carboxylic acids is 3. The predicted molar refractivity (Wildman–Crippen MR) is 112 cm³/mol. The van der Waals surface area contributed by atoms with Gasteiger partial charge in [0.1, 0.15) is 0 Å². The average molecular weight is 439 g/mol. The smallest absolute Gasteiger partial charge is 0.257 e. The second-order valence-corrected chi connectivity index (χ2v) is 6.75. The molecule has 0 unspecified atom stereocenters. The fraction of sp³-hybridized carbons (Fsp3) is 0.111. The first-order chi connectivity index (χ1) is 13.3. The Hall–Kier alpha value is -2.68. The highest BCUT2D eigenvalue weighted by Crippen LogP contribution is 2.25. The van der Waals surface area contributed by atoms with E-state index in [0.29, 0.717) is 21.3 Å². The minimum atomic E-state index is -0.478. The molecule has 146 valence electrons. The van der Waals surface area contributed by atoms with Crippen LogP contribution in [0.2, 0.25) is 10.0 Å². The summed E-state index contributed by atoms with van der Waals surface area (Å²) >= 11 is 16.7. The van der Waals surface area contributed by atoms with Gasteiger partial charge in [0.25, 0.3) is 5.91 Å². The topological polar surface area (TPSA) is 99.3 Å². The van der Waals surface area contributed by atoms with Crippen LogP contribution in [0.1, 0.15) is 23.2 Å². The molecule has 0 radical (unpaired) electrons. The van der Waals surface area contributed by atoms with E-state index >= 15 is 0 Å². The van der Waals surface area contributed by atoms with Gasteiger partial charge in [0.2, 0.25) is 11.8 Å². The highest BCUT2D eigenvalue weighted by Gasteiger charge is 2.11. The van der Waals surface area contributed by atoms with Crippen LogP contribution in [0.4, 0.5) is 5.69 Å². The maximum Gasteiger partial charge on any atom is 0.257 e. The van der Waals surface area contributed by atoms with Gasteiger partial charge in [-0.15, -0.1) is 0 Å². The van der Waals surface area contributed by atoms with Crippen LogP contribution in [0, 0.1) is 0 Å². The lowest BCUT2D eigenvalue weighted by molar-refractivity contribution is -0.124.